The zero-order valence-corrected chi connectivity index (χ0v) is 19.1. The third-order valence-corrected chi connectivity index (χ3v) is 6.00. The molecule has 2 aromatic rings. The van der Waals surface area contributed by atoms with Gasteiger partial charge in [-0.3, -0.25) is 10.3 Å². The first kappa shape index (κ1) is 23.9. The van der Waals surface area contributed by atoms with Gasteiger partial charge in [-0.1, -0.05) is 12.1 Å². The van der Waals surface area contributed by atoms with Crippen molar-refractivity contribution in [3.05, 3.63) is 53.6 Å². The van der Waals surface area contributed by atoms with Crippen LogP contribution in [0.5, 0.6) is 0 Å². The molecule has 8 nitrogen and oxygen atoms in total. The molecule has 10 heteroatoms. The van der Waals surface area contributed by atoms with Crippen molar-refractivity contribution in [1.29, 1.82) is 0 Å². The second-order valence-corrected chi connectivity index (χ2v) is 8.68. The second-order valence-electron chi connectivity index (χ2n) is 8.68. The number of rotatable bonds is 7. The standard InChI is InChI=1S/C24H29F2N5O3/c1-16(32)5-6-20-15-31(24(33)34-20)19-12-21(25)23(22(26)13-19)29-8-7-28-30(10-9-29)14-17-3-2-4-18(27)11-17/h2-4,11-13,20,28H,5-10,14-15,27H2,1H3/t20-/m0/s1. The molecule has 0 unspecified atom stereocenters. The zero-order valence-electron chi connectivity index (χ0n) is 19.1. The molecule has 0 radical (unpaired) electrons. The van der Waals surface area contributed by atoms with Crippen LogP contribution in [0.3, 0.4) is 0 Å². The van der Waals surface area contributed by atoms with Gasteiger partial charge >= 0.3 is 6.09 Å². The van der Waals surface area contributed by atoms with Crippen LogP contribution in [0.4, 0.5) is 30.6 Å². The van der Waals surface area contributed by atoms with Crippen molar-refractivity contribution >= 4 is 28.9 Å². The van der Waals surface area contributed by atoms with E-state index in [9.17, 15) is 9.59 Å². The first-order chi connectivity index (χ1) is 16.3. The van der Waals surface area contributed by atoms with E-state index in [2.05, 4.69) is 5.43 Å². The summed E-state index contributed by atoms with van der Waals surface area (Å²) < 4.78 is 35.4. The fourth-order valence-electron chi connectivity index (χ4n) is 4.30. The van der Waals surface area contributed by atoms with Crippen LogP contribution in [-0.4, -0.2) is 55.7 Å². The van der Waals surface area contributed by atoms with Gasteiger partial charge in [-0.25, -0.2) is 18.6 Å². The van der Waals surface area contributed by atoms with Crippen LogP contribution < -0.4 is 21.0 Å². The number of benzene rings is 2. The van der Waals surface area contributed by atoms with E-state index in [0.29, 0.717) is 44.8 Å². The highest BCUT2D eigenvalue weighted by molar-refractivity contribution is 5.90. The highest BCUT2D eigenvalue weighted by Crippen LogP contribution is 2.31. The summed E-state index contributed by atoms with van der Waals surface area (Å²) in [6.07, 6.45) is -0.486. The molecule has 2 aliphatic heterocycles. The van der Waals surface area contributed by atoms with Crippen LogP contribution in [0.1, 0.15) is 25.3 Å². The van der Waals surface area contributed by atoms with E-state index >= 15 is 8.78 Å². The van der Waals surface area contributed by atoms with Gasteiger partial charge in [0.2, 0.25) is 0 Å². The lowest BCUT2D eigenvalue weighted by atomic mass is 10.1. The van der Waals surface area contributed by atoms with Crippen molar-refractivity contribution in [2.45, 2.75) is 32.4 Å². The maximum atomic E-state index is 15.1. The minimum atomic E-state index is -0.737. The number of nitrogen functional groups attached to an aromatic ring is 1. The summed E-state index contributed by atoms with van der Waals surface area (Å²) >= 11 is 0. The Labute approximate surface area is 197 Å². The van der Waals surface area contributed by atoms with Gasteiger partial charge in [0.25, 0.3) is 0 Å². The summed E-state index contributed by atoms with van der Waals surface area (Å²) in [4.78, 5) is 26.3. The van der Waals surface area contributed by atoms with Gasteiger partial charge in [0.05, 0.1) is 12.2 Å². The number of ether oxygens (including phenoxy) is 1. The minimum Gasteiger partial charge on any atom is -0.444 e. The molecule has 1 atom stereocenters. The fourth-order valence-corrected chi connectivity index (χ4v) is 4.30. The van der Waals surface area contributed by atoms with Crippen molar-refractivity contribution in [3.63, 3.8) is 0 Å². The smallest absolute Gasteiger partial charge is 0.414 e. The molecule has 34 heavy (non-hydrogen) atoms. The first-order valence-corrected chi connectivity index (χ1v) is 11.3. The molecule has 0 aromatic heterocycles. The van der Waals surface area contributed by atoms with Crippen molar-refractivity contribution in [2.24, 2.45) is 0 Å². The molecule has 0 saturated carbocycles. The van der Waals surface area contributed by atoms with Crippen LogP contribution in [0, 0.1) is 11.6 Å². The number of hydrogen-bond donors (Lipinski definition) is 2. The maximum absolute atomic E-state index is 15.1. The Morgan fingerprint density at radius 2 is 1.94 bits per heavy atom. The lowest BCUT2D eigenvalue weighted by Crippen LogP contribution is -2.38. The Morgan fingerprint density at radius 1 is 1.18 bits per heavy atom. The highest BCUT2D eigenvalue weighted by Gasteiger charge is 2.33. The molecule has 2 aliphatic rings. The van der Waals surface area contributed by atoms with Crippen molar-refractivity contribution in [2.75, 3.05) is 48.3 Å². The summed E-state index contributed by atoms with van der Waals surface area (Å²) in [7, 11) is 0. The number of amides is 1. The van der Waals surface area contributed by atoms with Gasteiger partial charge in [0, 0.05) is 57.0 Å². The van der Waals surface area contributed by atoms with Gasteiger partial charge in [-0.05, 0) is 31.0 Å². The van der Waals surface area contributed by atoms with Crippen molar-refractivity contribution in [1.82, 2.24) is 10.4 Å². The monoisotopic (exact) mass is 473 g/mol. The second kappa shape index (κ2) is 10.4. The first-order valence-electron chi connectivity index (χ1n) is 11.3. The van der Waals surface area contributed by atoms with Gasteiger partial charge < -0.3 is 20.2 Å². The van der Waals surface area contributed by atoms with E-state index in [4.69, 9.17) is 10.5 Å². The number of nitrogens with two attached hydrogens (primary N) is 1. The largest absolute Gasteiger partial charge is 0.444 e. The number of cyclic esters (lactones) is 1. The van der Waals surface area contributed by atoms with E-state index in [-0.39, 0.29) is 30.1 Å². The quantitative estimate of drug-likeness (QED) is 0.598. The van der Waals surface area contributed by atoms with Gasteiger partial charge in [0.1, 0.15) is 17.6 Å². The number of carbonyl (C=O) groups is 2. The Morgan fingerprint density at radius 3 is 2.65 bits per heavy atom. The molecular weight excluding hydrogens is 444 g/mol. The summed E-state index contributed by atoms with van der Waals surface area (Å²) in [5.74, 6) is -1.48. The molecular formula is C24H29F2N5O3. The average molecular weight is 474 g/mol. The molecule has 2 aromatic carbocycles. The Bertz CT molecular complexity index is 1040. The number of Topliss-reactive ketones (excluding diaryl/α,β-unsaturated/α-hetero) is 1. The molecule has 182 valence electrons. The summed E-state index contributed by atoms with van der Waals surface area (Å²) in [6, 6.07) is 9.92. The number of hydrazine groups is 1. The Hall–Kier alpha value is -3.24. The normalized spacial score (nSPS) is 19.3. The third-order valence-electron chi connectivity index (χ3n) is 6.00. The highest BCUT2D eigenvalue weighted by atomic mass is 19.1. The topological polar surface area (TPSA) is 91.1 Å². The fraction of sp³-hybridized carbons (Fsp3) is 0.417. The van der Waals surface area contributed by atoms with E-state index < -0.39 is 23.8 Å². The zero-order chi connectivity index (χ0) is 24.2. The number of halogens is 2. The Balaban J connectivity index is 1.43. The van der Waals surface area contributed by atoms with Crippen LogP contribution >= 0.6 is 0 Å². The van der Waals surface area contributed by atoms with Crippen LogP contribution in [0.15, 0.2) is 36.4 Å². The summed E-state index contributed by atoms with van der Waals surface area (Å²) in [6.45, 7) is 4.13. The van der Waals surface area contributed by atoms with Gasteiger partial charge in [0.15, 0.2) is 11.6 Å². The van der Waals surface area contributed by atoms with Gasteiger partial charge in [-0.2, -0.15) is 0 Å². The molecule has 2 saturated heterocycles. The molecule has 0 aliphatic carbocycles. The van der Waals surface area contributed by atoms with Gasteiger partial charge in [-0.15, -0.1) is 0 Å². The number of anilines is 3. The van der Waals surface area contributed by atoms with Crippen LogP contribution in [-0.2, 0) is 16.1 Å². The van der Waals surface area contributed by atoms with Crippen LogP contribution in [0.2, 0.25) is 0 Å². The molecule has 0 bridgehead atoms. The predicted octanol–water partition coefficient (Wildman–Crippen LogP) is 3.07. The lowest BCUT2D eigenvalue weighted by Gasteiger charge is -2.25. The van der Waals surface area contributed by atoms with Crippen molar-refractivity contribution < 1.29 is 23.1 Å². The molecule has 4 rings (SSSR count). The van der Waals surface area contributed by atoms with E-state index in [1.165, 1.54) is 11.8 Å². The molecule has 0 spiro atoms. The number of hydrogen-bond acceptors (Lipinski definition) is 7. The van der Waals surface area contributed by atoms with Crippen molar-refractivity contribution in [3.8, 4) is 0 Å². The number of ketones is 1. The number of nitrogens with one attached hydrogen (secondary N) is 1. The van der Waals surface area contributed by atoms with E-state index in [0.717, 1.165) is 17.7 Å². The third kappa shape index (κ3) is 5.63. The Kier molecular flexibility index (Phi) is 7.28. The van der Waals surface area contributed by atoms with E-state index in [1.807, 2.05) is 29.3 Å². The van der Waals surface area contributed by atoms with E-state index in [1.54, 1.807) is 4.90 Å². The molecule has 3 N–H and O–H groups in total. The number of nitrogens with zero attached hydrogens (tertiary/aromatic N) is 3. The average Bonchev–Trinajstić information content (AvgIpc) is 3.00. The summed E-state index contributed by atoms with van der Waals surface area (Å²) in [5, 5.41) is 2.00. The SMILES string of the molecule is CC(=O)CC[C@H]1CN(c2cc(F)c(N3CCNN(Cc4cccc(N)c4)CC3)c(F)c2)C(=O)O1. The predicted molar refractivity (Wildman–Crippen MR) is 125 cm³/mol. The lowest BCUT2D eigenvalue weighted by molar-refractivity contribution is -0.117. The van der Waals surface area contributed by atoms with Crippen LogP contribution in [0.25, 0.3) is 0 Å². The summed E-state index contributed by atoms with van der Waals surface area (Å²) in [5.41, 5.74) is 10.9. The molecule has 2 fully saturated rings. The molecule has 2 heterocycles. The minimum absolute atomic E-state index is 0.00524. The maximum Gasteiger partial charge on any atom is 0.414 e. The molecule has 1 amide bonds. The number of carbonyl (C=O) groups excluding carboxylic acids is 2.